The van der Waals surface area contributed by atoms with Gasteiger partial charge in [-0.3, -0.25) is 4.79 Å². The maximum Gasteiger partial charge on any atom is 0.254 e. The highest BCUT2D eigenvalue weighted by atomic mass is 16.1. The number of nitrogens with zero attached hydrogens (tertiary/aromatic N) is 2. The molecule has 4 nitrogen and oxygen atoms in total. The second-order valence-electron chi connectivity index (χ2n) is 6.59. The molecule has 22 heavy (non-hydrogen) atoms. The van der Waals surface area contributed by atoms with Crippen molar-refractivity contribution in [2.24, 2.45) is 0 Å². The van der Waals surface area contributed by atoms with Gasteiger partial charge in [0.05, 0.1) is 11.6 Å². The van der Waals surface area contributed by atoms with Crippen molar-refractivity contribution in [1.82, 2.24) is 15.3 Å². The summed E-state index contributed by atoms with van der Waals surface area (Å²) < 4.78 is 0. The average molecular weight is 297 g/mol. The predicted octanol–water partition coefficient (Wildman–Crippen LogP) is 3.57. The molecule has 0 aliphatic heterocycles. The van der Waals surface area contributed by atoms with E-state index in [0.29, 0.717) is 11.4 Å². The minimum Gasteiger partial charge on any atom is -0.345 e. The fraction of sp³-hybridized carbons (Fsp3) is 0.389. The van der Waals surface area contributed by atoms with Crippen LogP contribution in [0.25, 0.3) is 0 Å². The lowest BCUT2D eigenvalue weighted by atomic mass is 9.86. The van der Waals surface area contributed by atoms with Gasteiger partial charge in [0.15, 0.2) is 0 Å². The third-order valence-electron chi connectivity index (χ3n) is 3.67. The summed E-state index contributed by atoms with van der Waals surface area (Å²) in [6.07, 6.45) is 3.10. The van der Waals surface area contributed by atoms with E-state index in [9.17, 15) is 4.79 Å². The molecular formula is C18H23N3O. The lowest BCUT2D eigenvalue weighted by Crippen LogP contribution is -2.27. The Balaban J connectivity index is 2.07. The highest BCUT2D eigenvalue weighted by molar-refractivity contribution is 5.93. The van der Waals surface area contributed by atoms with Crippen LogP contribution < -0.4 is 5.32 Å². The number of amides is 1. The van der Waals surface area contributed by atoms with Gasteiger partial charge in [0, 0.05) is 12.4 Å². The molecule has 4 heteroatoms. The van der Waals surface area contributed by atoms with Crippen molar-refractivity contribution in [2.75, 3.05) is 0 Å². The van der Waals surface area contributed by atoms with Gasteiger partial charge in [-0.05, 0) is 30.4 Å². The number of nitrogens with one attached hydrogen (secondary N) is 1. The van der Waals surface area contributed by atoms with Gasteiger partial charge in [0.25, 0.3) is 5.91 Å². The molecule has 1 aromatic carbocycles. The van der Waals surface area contributed by atoms with E-state index < -0.39 is 0 Å². The summed E-state index contributed by atoms with van der Waals surface area (Å²) in [4.78, 5) is 20.3. The molecule has 116 valence electrons. The molecule has 0 spiro atoms. The summed E-state index contributed by atoms with van der Waals surface area (Å²) >= 11 is 0. The van der Waals surface area contributed by atoms with E-state index in [1.165, 1.54) is 5.56 Å². The molecule has 1 aromatic heterocycles. The predicted molar refractivity (Wildman–Crippen MR) is 87.8 cm³/mol. The SMILES string of the molecule is Cc1ncc(C(=O)NC(C)c2ccc(C(C)(C)C)cc2)cn1. The fourth-order valence-electron chi connectivity index (χ4n) is 2.14. The van der Waals surface area contributed by atoms with Gasteiger partial charge >= 0.3 is 0 Å². The molecule has 0 fully saturated rings. The Labute approximate surface area is 132 Å². The normalized spacial score (nSPS) is 12.8. The number of hydrogen-bond donors (Lipinski definition) is 1. The van der Waals surface area contributed by atoms with E-state index in [0.717, 1.165) is 5.56 Å². The minimum atomic E-state index is -0.160. The van der Waals surface area contributed by atoms with Crippen molar-refractivity contribution < 1.29 is 4.79 Å². The number of rotatable bonds is 3. The lowest BCUT2D eigenvalue weighted by molar-refractivity contribution is 0.0939. The molecule has 0 saturated carbocycles. The first-order valence-electron chi connectivity index (χ1n) is 7.47. The zero-order valence-electron chi connectivity index (χ0n) is 13.8. The number of benzene rings is 1. The van der Waals surface area contributed by atoms with Crippen LogP contribution >= 0.6 is 0 Å². The third kappa shape index (κ3) is 3.91. The average Bonchev–Trinajstić information content (AvgIpc) is 2.47. The number of carbonyl (C=O) groups excluding carboxylic acids is 1. The van der Waals surface area contributed by atoms with Crippen LogP contribution in [0, 0.1) is 6.92 Å². The third-order valence-corrected chi connectivity index (χ3v) is 3.67. The number of aryl methyl sites for hydroxylation is 1. The van der Waals surface area contributed by atoms with Crippen LogP contribution in [0.4, 0.5) is 0 Å². The standard InChI is InChI=1S/C18H23N3O/c1-12(14-6-8-16(9-7-14)18(3,4)5)21-17(22)15-10-19-13(2)20-11-15/h6-12H,1-5H3,(H,21,22). The van der Waals surface area contributed by atoms with Gasteiger partial charge in [-0.2, -0.15) is 0 Å². The van der Waals surface area contributed by atoms with Crippen LogP contribution in [-0.4, -0.2) is 15.9 Å². The number of carbonyl (C=O) groups is 1. The molecule has 0 radical (unpaired) electrons. The molecular weight excluding hydrogens is 274 g/mol. The van der Waals surface area contributed by atoms with Crippen molar-refractivity contribution in [3.63, 3.8) is 0 Å². The molecule has 1 heterocycles. The summed E-state index contributed by atoms with van der Waals surface area (Å²) in [7, 11) is 0. The number of hydrogen-bond acceptors (Lipinski definition) is 3. The van der Waals surface area contributed by atoms with Crippen molar-refractivity contribution in [1.29, 1.82) is 0 Å². The first-order chi connectivity index (χ1) is 10.3. The zero-order chi connectivity index (χ0) is 16.3. The molecule has 2 aromatic rings. The van der Waals surface area contributed by atoms with E-state index in [4.69, 9.17) is 0 Å². The molecule has 2 rings (SSSR count). The summed E-state index contributed by atoms with van der Waals surface area (Å²) in [6, 6.07) is 8.30. The van der Waals surface area contributed by atoms with Crippen LogP contribution in [0.1, 0.15) is 61.0 Å². The Kier molecular flexibility index (Phi) is 4.59. The Bertz CT molecular complexity index is 640. The number of aromatic nitrogens is 2. The zero-order valence-corrected chi connectivity index (χ0v) is 13.8. The molecule has 0 aliphatic rings. The topological polar surface area (TPSA) is 54.9 Å². The maximum absolute atomic E-state index is 12.2. The molecule has 0 bridgehead atoms. The Hall–Kier alpha value is -2.23. The largest absolute Gasteiger partial charge is 0.345 e. The molecule has 1 unspecified atom stereocenters. The lowest BCUT2D eigenvalue weighted by Gasteiger charge is -2.20. The minimum absolute atomic E-state index is 0.0668. The molecule has 1 amide bonds. The Morgan fingerprint density at radius 2 is 1.64 bits per heavy atom. The summed E-state index contributed by atoms with van der Waals surface area (Å²) in [6.45, 7) is 10.3. The fourth-order valence-corrected chi connectivity index (χ4v) is 2.14. The van der Waals surface area contributed by atoms with Gasteiger partial charge in [0.2, 0.25) is 0 Å². The quantitative estimate of drug-likeness (QED) is 0.942. The van der Waals surface area contributed by atoms with Gasteiger partial charge < -0.3 is 5.32 Å². The first kappa shape index (κ1) is 16.1. The van der Waals surface area contributed by atoms with Gasteiger partial charge in [-0.25, -0.2) is 9.97 Å². The second kappa shape index (κ2) is 6.26. The van der Waals surface area contributed by atoms with Crippen LogP contribution in [0.15, 0.2) is 36.7 Å². The van der Waals surface area contributed by atoms with Gasteiger partial charge in [0.1, 0.15) is 5.82 Å². The summed E-state index contributed by atoms with van der Waals surface area (Å²) in [5.74, 6) is 0.495. The Morgan fingerprint density at radius 1 is 1.09 bits per heavy atom. The van der Waals surface area contributed by atoms with E-state index in [-0.39, 0.29) is 17.4 Å². The smallest absolute Gasteiger partial charge is 0.254 e. The molecule has 0 aliphatic carbocycles. The van der Waals surface area contributed by atoms with Crippen molar-refractivity contribution in [2.45, 2.75) is 46.1 Å². The van der Waals surface area contributed by atoms with Crippen LogP contribution in [0.5, 0.6) is 0 Å². The van der Waals surface area contributed by atoms with E-state index in [1.807, 2.05) is 6.92 Å². The summed E-state index contributed by atoms with van der Waals surface area (Å²) in [5.41, 5.74) is 2.96. The maximum atomic E-state index is 12.2. The van der Waals surface area contributed by atoms with E-state index in [2.05, 4.69) is 60.3 Å². The summed E-state index contributed by atoms with van der Waals surface area (Å²) in [5, 5.41) is 2.97. The second-order valence-corrected chi connectivity index (χ2v) is 6.59. The van der Waals surface area contributed by atoms with Crippen molar-refractivity contribution in [3.05, 3.63) is 59.2 Å². The van der Waals surface area contributed by atoms with Gasteiger partial charge in [-0.15, -0.1) is 0 Å². The highest BCUT2D eigenvalue weighted by Crippen LogP contribution is 2.24. The molecule has 0 saturated heterocycles. The Morgan fingerprint density at radius 3 is 2.14 bits per heavy atom. The van der Waals surface area contributed by atoms with Crippen LogP contribution in [-0.2, 0) is 5.41 Å². The van der Waals surface area contributed by atoms with Crippen molar-refractivity contribution in [3.8, 4) is 0 Å². The highest BCUT2D eigenvalue weighted by Gasteiger charge is 2.15. The molecule has 1 N–H and O–H groups in total. The van der Waals surface area contributed by atoms with Crippen molar-refractivity contribution >= 4 is 5.91 Å². The van der Waals surface area contributed by atoms with Gasteiger partial charge in [-0.1, -0.05) is 45.0 Å². The van der Waals surface area contributed by atoms with Crippen LogP contribution in [0.2, 0.25) is 0 Å². The van der Waals surface area contributed by atoms with Crippen LogP contribution in [0.3, 0.4) is 0 Å². The molecule has 1 atom stereocenters. The van der Waals surface area contributed by atoms with E-state index >= 15 is 0 Å². The first-order valence-corrected chi connectivity index (χ1v) is 7.47. The monoisotopic (exact) mass is 297 g/mol. The van der Waals surface area contributed by atoms with E-state index in [1.54, 1.807) is 19.3 Å².